The van der Waals surface area contributed by atoms with Crippen molar-refractivity contribution in [1.29, 1.82) is 0 Å². The zero-order chi connectivity index (χ0) is 22.8. The van der Waals surface area contributed by atoms with E-state index in [1.807, 2.05) is 19.1 Å². The minimum absolute atomic E-state index is 0.0809. The van der Waals surface area contributed by atoms with Gasteiger partial charge >= 0.3 is 5.69 Å². The second-order valence-corrected chi connectivity index (χ2v) is 6.98. The van der Waals surface area contributed by atoms with Gasteiger partial charge in [-0.3, -0.25) is 14.9 Å². The smallest absolute Gasteiger partial charge is 0.311 e. The molecule has 1 aromatic heterocycles. The number of rotatable bonds is 6. The van der Waals surface area contributed by atoms with E-state index in [9.17, 15) is 14.9 Å². The van der Waals surface area contributed by atoms with E-state index in [1.54, 1.807) is 31.4 Å². The van der Waals surface area contributed by atoms with Gasteiger partial charge in [0.2, 0.25) is 5.89 Å². The molecular weight excluding hydrogens is 414 g/mol. The molecule has 162 valence electrons. The molecule has 3 aromatic carbocycles. The minimum atomic E-state index is -0.594. The van der Waals surface area contributed by atoms with Crippen LogP contribution in [0.25, 0.3) is 22.6 Å². The number of aromatic nitrogens is 1. The number of hydrogen-bond acceptors (Lipinski definition) is 7. The molecule has 32 heavy (non-hydrogen) atoms. The molecule has 0 unspecified atom stereocenters. The van der Waals surface area contributed by atoms with Crippen molar-refractivity contribution in [2.45, 2.75) is 6.92 Å². The van der Waals surface area contributed by atoms with E-state index in [1.165, 1.54) is 25.3 Å². The molecule has 0 aliphatic heterocycles. The lowest BCUT2D eigenvalue weighted by Crippen LogP contribution is -2.13. The Morgan fingerprint density at radius 2 is 1.88 bits per heavy atom. The van der Waals surface area contributed by atoms with Gasteiger partial charge in [0.15, 0.2) is 11.3 Å². The first kappa shape index (κ1) is 20.9. The van der Waals surface area contributed by atoms with Crippen LogP contribution in [-0.2, 0) is 0 Å². The molecular formula is C23H19N3O6. The molecule has 0 aliphatic carbocycles. The van der Waals surface area contributed by atoms with E-state index in [4.69, 9.17) is 13.9 Å². The summed E-state index contributed by atoms with van der Waals surface area (Å²) in [7, 11) is 2.91. The van der Waals surface area contributed by atoms with Crippen molar-refractivity contribution >= 4 is 28.4 Å². The minimum Gasteiger partial charge on any atom is -0.497 e. The van der Waals surface area contributed by atoms with Crippen LogP contribution in [0.4, 0.5) is 11.4 Å². The van der Waals surface area contributed by atoms with E-state index in [0.29, 0.717) is 34.0 Å². The van der Waals surface area contributed by atoms with Crippen molar-refractivity contribution in [2.75, 3.05) is 19.5 Å². The summed E-state index contributed by atoms with van der Waals surface area (Å²) < 4.78 is 16.0. The fraction of sp³-hybridized carbons (Fsp3) is 0.130. The van der Waals surface area contributed by atoms with E-state index < -0.39 is 10.8 Å². The fourth-order valence-electron chi connectivity index (χ4n) is 3.22. The van der Waals surface area contributed by atoms with Crippen LogP contribution < -0.4 is 14.8 Å². The Morgan fingerprint density at radius 1 is 1.06 bits per heavy atom. The van der Waals surface area contributed by atoms with Crippen molar-refractivity contribution in [3.63, 3.8) is 0 Å². The number of benzene rings is 3. The van der Waals surface area contributed by atoms with Crippen LogP contribution in [0.2, 0.25) is 0 Å². The van der Waals surface area contributed by atoms with Gasteiger partial charge in [-0.15, -0.1) is 0 Å². The topological polar surface area (TPSA) is 117 Å². The number of anilines is 1. The average molecular weight is 433 g/mol. The number of nitrogens with one attached hydrogen (secondary N) is 1. The molecule has 0 fully saturated rings. The van der Waals surface area contributed by atoms with E-state index in [0.717, 1.165) is 5.56 Å². The summed E-state index contributed by atoms with van der Waals surface area (Å²) in [6.45, 7) is 1.84. The Labute approximate surface area is 182 Å². The zero-order valence-corrected chi connectivity index (χ0v) is 17.5. The summed E-state index contributed by atoms with van der Waals surface area (Å²) in [5.74, 6) is 0.655. The highest BCUT2D eigenvalue weighted by atomic mass is 16.6. The fourth-order valence-corrected chi connectivity index (χ4v) is 3.22. The van der Waals surface area contributed by atoms with Crippen LogP contribution in [0, 0.1) is 17.0 Å². The van der Waals surface area contributed by atoms with Gasteiger partial charge in [0.25, 0.3) is 5.91 Å². The number of nitro groups is 1. The molecule has 1 N–H and O–H groups in total. The second-order valence-electron chi connectivity index (χ2n) is 6.98. The van der Waals surface area contributed by atoms with Gasteiger partial charge in [-0.2, -0.15) is 0 Å². The summed E-state index contributed by atoms with van der Waals surface area (Å²) in [5, 5.41) is 14.1. The number of aryl methyl sites for hydroxylation is 1. The summed E-state index contributed by atoms with van der Waals surface area (Å²) in [6.07, 6.45) is 0. The predicted octanol–water partition coefficient (Wildman–Crippen LogP) is 4.98. The van der Waals surface area contributed by atoms with Gasteiger partial charge in [0.05, 0.1) is 19.1 Å². The zero-order valence-electron chi connectivity index (χ0n) is 17.5. The molecule has 4 rings (SSSR count). The van der Waals surface area contributed by atoms with E-state index in [2.05, 4.69) is 10.3 Å². The molecule has 0 bridgehead atoms. The van der Waals surface area contributed by atoms with E-state index >= 15 is 0 Å². The lowest BCUT2D eigenvalue weighted by atomic mass is 10.1. The van der Waals surface area contributed by atoms with Crippen LogP contribution in [0.3, 0.4) is 0 Å². The molecule has 9 heteroatoms. The van der Waals surface area contributed by atoms with Crippen molar-refractivity contribution in [1.82, 2.24) is 4.98 Å². The molecule has 0 radical (unpaired) electrons. The van der Waals surface area contributed by atoms with Crippen molar-refractivity contribution in [3.8, 4) is 23.0 Å². The second kappa shape index (κ2) is 8.38. The van der Waals surface area contributed by atoms with Gasteiger partial charge < -0.3 is 19.2 Å². The van der Waals surface area contributed by atoms with Gasteiger partial charge in [-0.25, -0.2) is 4.98 Å². The first-order chi connectivity index (χ1) is 15.4. The third-order valence-corrected chi connectivity index (χ3v) is 4.97. The summed E-state index contributed by atoms with van der Waals surface area (Å²) in [6, 6.07) is 14.8. The molecule has 0 aliphatic rings. The number of amides is 1. The summed E-state index contributed by atoms with van der Waals surface area (Å²) >= 11 is 0. The molecule has 1 amide bonds. The first-order valence-corrected chi connectivity index (χ1v) is 9.59. The van der Waals surface area contributed by atoms with Crippen LogP contribution in [-0.4, -0.2) is 30.0 Å². The number of nitrogens with zero attached hydrogens (tertiary/aromatic N) is 2. The van der Waals surface area contributed by atoms with Crippen LogP contribution in [0.15, 0.2) is 59.0 Å². The lowest BCUT2D eigenvalue weighted by molar-refractivity contribution is -0.385. The lowest BCUT2D eigenvalue weighted by Gasteiger charge is -2.10. The largest absolute Gasteiger partial charge is 0.497 e. The average Bonchev–Trinajstić information content (AvgIpc) is 3.23. The van der Waals surface area contributed by atoms with Crippen LogP contribution in [0.5, 0.6) is 11.5 Å². The molecule has 1 heterocycles. The van der Waals surface area contributed by atoms with Gasteiger partial charge in [-0.05, 0) is 48.9 Å². The Morgan fingerprint density at radius 3 is 2.59 bits per heavy atom. The number of nitro benzene ring substituents is 1. The molecule has 9 nitrogen and oxygen atoms in total. The third kappa shape index (κ3) is 3.95. The van der Waals surface area contributed by atoms with Crippen molar-refractivity contribution in [2.24, 2.45) is 0 Å². The molecule has 0 atom stereocenters. The highest BCUT2D eigenvalue weighted by molar-refractivity contribution is 6.05. The van der Waals surface area contributed by atoms with E-state index in [-0.39, 0.29) is 17.0 Å². The first-order valence-electron chi connectivity index (χ1n) is 9.59. The van der Waals surface area contributed by atoms with Gasteiger partial charge in [0, 0.05) is 28.9 Å². The monoisotopic (exact) mass is 433 g/mol. The van der Waals surface area contributed by atoms with Gasteiger partial charge in [0.1, 0.15) is 11.3 Å². The predicted molar refractivity (Wildman–Crippen MR) is 118 cm³/mol. The number of oxazole rings is 1. The maximum atomic E-state index is 12.8. The van der Waals surface area contributed by atoms with Crippen LogP contribution >= 0.6 is 0 Å². The Kier molecular flexibility index (Phi) is 5.46. The summed E-state index contributed by atoms with van der Waals surface area (Å²) in [5.41, 5.74) is 3.12. The summed E-state index contributed by atoms with van der Waals surface area (Å²) in [4.78, 5) is 27.9. The van der Waals surface area contributed by atoms with Crippen LogP contribution in [0.1, 0.15) is 15.9 Å². The SMILES string of the molecule is COc1ccc2oc(-c3ccc(C)c(NC(=O)c4ccc(OC)c([N+](=O)[O-])c4)c3)nc2c1. The van der Waals surface area contributed by atoms with Gasteiger partial charge in [-0.1, -0.05) is 6.07 Å². The number of hydrogen-bond donors (Lipinski definition) is 1. The number of fused-ring (bicyclic) bond motifs is 1. The van der Waals surface area contributed by atoms with Crippen molar-refractivity contribution in [3.05, 3.63) is 75.8 Å². The Hall–Kier alpha value is -4.40. The molecule has 4 aromatic rings. The molecule has 0 saturated heterocycles. The normalized spacial score (nSPS) is 10.7. The highest BCUT2D eigenvalue weighted by Gasteiger charge is 2.19. The Balaban J connectivity index is 1.64. The number of methoxy groups -OCH3 is 2. The quantitative estimate of drug-likeness (QED) is 0.337. The molecule has 0 spiro atoms. The maximum absolute atomic E-state index is 12.8. The third-order valence-electron chi connectivity index (χ3n) is 4.97. The van der Waals surface area contributed by atoms with Crippen molar-refractivity contribution < 1.29 is 23.6 Å². The number of ether oxygens (including phenoxy) is 2. The number of carbonyl (C=O) groups is 1. The number of carbonyl (C=O) groups excluding carboxylic acids is 1. The highest BCUT2D eigenvalue weighted by Crippen LogP contribution is 2.31. The molecule has 0 saturated carbocycles. The standard InChI is InChI=1S/C23H19N3O6/c1-13-4-5-15(23-25-18-12-16(30-2)7-9-20(18)32-23)10-17(13)24-22(27)14-6-8-21(31-3)19(11-14)26(28)29/h4-12H,1-3H3,(H,24,27). The maximum Gasteiger partial charge on any atom is 0.311 e. The Bertz CT molecular complexity index is 1350.